The second-order valence-electron chi connectivity index (χ2n) is 4.80. The second-order valence-corrected chi connectivity index (χ2v) is 5.87. The van der Waals surface area contributed by atoms with Gasteiger partial charge in [0.2, 0.25) is 0 Å². The summed E-state index contributed by atoms with van der Waals surface area (Å²) in [6.07, 6.45) is 3.55. The van der Waals surface area contributed by atoms with Gasteiger partial charge in [-0.15, -0.1) is 16.9 Å². The zero-order valence-corrected chi connectivity index (χ0v) is 11.5. The molecule has 1 aromatic heterocycles. The summed E-state index contributed by atoms with van der Waals surface area (Å²) in [5, 5.41) is 17.1. The van der Waals surface area contributed by atoms with Crippen LogP contribution in [0.1, 0.15) is 23.6 Å². The Morgan fingerprint density at radius 2 is 2.26 bits per heavy atom. The predicted molar refractivity (Wildman–Crippen MR) is 75.3 cm³/mol. The van der Waals surface area contributed by atoms with Crippen LogP contribution in [0.2, 0.25) is 0 Å². The molecule has 1 aliphatic heterocycles. The van der Waals surface area contributed by atoms with E-state index in [-0.39, 0.29) is 6.61 Å². The lowest BCUT2D eigenvalue weighted by Crippen LogP contribution is -2.09. The van der Waals surface area contributed by atoms with Crippen LogP contribution in [0.4, 0.5) is 0 Å². The van der Waals surface area contributed by atoms with E-state index in [1.54, 1.807) is 0 Å². The number of aliphatic hydroxyl groups excluding tert-OH is 1. The van der Waals surface area contributed by atoms with Gasteiger partial charge in [-0.25, -0.2) is 0 Å². The summed E-state index contributed by atoms with van der Waals surface area (Å²) in [5.74, 6) is 1.64. The molecule has 0 aliphatic carbocycles. The number of benzene rings is 1. The minimum atomic E-state index is 0.208. The lowest BCUT2D eigenvalue weighted by molar-refractivity contribution is 0.288. The van der Waals surface area contributed by atoms with Crippen molar-refractivity contribution in [2.45, 2.75) is 30.2 Å². The van der Waals surface area contributed by atoms with Crippen molar-refractivity contribution in [3.05, 3.63) is 41.7 Å². The molecule has 2 heterocycles. The third-order valence-electron chi connectivity index (χ3n) is 3.38. The van der Waals surface area contributed by atoms with Crippen molar-refractivity contribution in [3.63, 3.8) is 0 Å². The van der Waals surface area contributed by atoms with Crippen molar-refractivity contribution in [2.24, 2.45) is 0 Å². The van der Waals surface area contributed by atoms with Crippen LogP contribution in [0.3, 0.4) is 0 Å². The molecule has 5 heteroatoms. The van der Waals surface area contributed by atoms with Crippen molar-refractivity contribution in [1.82, 2.24) is 15.0 Å². The number of nitrogens with zero attached hydrogens (tertiary/aromatic N) is 3. The molecule has 1 aliphatic rings. The summed E-state index contributed by atoms with van der Waals surface area (Å²) >= 11 is 1.92. The minimum absolute atomic E-state index is 0.208. The highest BCUT2D eigenvalue weighted by molar-refractivity contribution is 7.99. The smallest absolute Gasteiger partial charge is 0.0828 e. The van der Waals surface area contributed by atoms with Gasteiger partial charge in [0, 0.05) is 29.4 Å². The number of aryl methyl sites for hydroxylation is 1. The SMILES string of the molecule is OCCCc1cn(CC2CSc3ccccc32)nn1. The second kappa shape index (κ2) is 5.75. The Balaban J connectivity index is 1.68. The van der Waals surface area contributed by atoms with Gasteiger partial charge >= 0.3 is 0 Å². The number of hydrogen-bond donors (Lipinski definition) is 1. The molecular formula is C14H17N3OS. The van der Waals surface area contributed by atoms with E-state index < -0.39 is 0 Å². The molecule has 1 unspecified atom stereocenters. The summed E-state index contributed by atoms with van der Waals surface area (Å²) in [5.41, 5.74) is 2.40. The molecule has 3 rings (SSSR count). The lowest BCUT2D eigenvalue weighted by Gasteiger charge is -2.09. The maximum atomic E-state index is 8.82. The Morgan fingerprint density at radius 3 is 3.16 bits per heavy atom. The molecule has 0 saturated heterocycles. The molecule has 0 bridgehead atoms. The van der Waals surface area contributed by atoms with Gasteiger partial charge in [0.1, 0.15) is 0 Å². The van der Waals surface area contributed by atoms with Gasteiger partial charge in [-0.1, -0.05) is 23.4 Å². The number of thioether (sulfide) groups is 1. The first kappa shape index (κ1) is 12.7. The Hall–Kier alpha value is -1.33. The van der Waals surface area contributed by atoms with Gasteiger partial charge in [-0.05, 0) is 24.5 Å². The fourth-order valence-electron chi connectivity index (χ4n) is 2.41. The van der Waals surface area contributed by atoms with Gasteiger partial charge in [0.25, 0.3) is 0 Å². The van der Waals surface area contributed by atoms with Crippen LogP contribution in [-0.2, 0) is 13.0 Å². The normalized spacial score (nSPS) is 17.6. The maximum absolute atomic E-state index is 8.82. The highest BCUT2D eigenvalue weighted by Crippen LogP contribution is 2.39. The van der Waals surface area contributed by atoms with Crippen LogP contribution < -0.4 is 0 Å². The standard InChI is InChI=1S/C14H17N3OS/c18-7-3-4-12-9-17(16-15-12)8-11-10-19-14-6-2-1-5-13(11)14/h1-2,5-6,9,11,18H,3-4,7-8,10H2. The highest BCUT2D eigenvalue weighted by Gasteiger charge is 2.23. The molecule has 0 amide bonds. The largest absolute Gasteiger partial charge is 0.396 e. The Bertz CT molecular complexity index is 555. The fraction of sp³-hybridized carbons (Fsp3) is 0.429. The van der Waals surface area contributed by atoms with E-state index in [0.29, 0.717) is 5.92 Å². The highest BCUT2D eigenvalue weighted by atomic mass is 32.2. The molecule has 0 radical (unpaired) electrons. The molecule has 0 spiro atoms. The van der Waals surface area contributed by atoms with E-state index in [9.17, 15) is 0 Å². The Kier molecular flexibility index (Phi) is 3.84. The Labute approximate surface area is 116 Å². The molecule has 1 atom stereocenters. The number of hydrogen-bond acceptors (Lipinski definition) is 4. The van der Waals surface area contributed by atoms with E-state index >= 15 is 0 Å². The number of aliphatic hydroxyl groups is 1. The first-order chi connectivity index (χ1) is 9.36. The molecule has 0 fully saturated rings. The topological polar surface area (TPSA) is 50.9 Å². The first-order valence-corrected chi connectivity index (χ1v) is 7.57. The van der Waals surface area contributed by atoms with Crippen LogP contribution in [0.15, 0.2) is 35.4 Å². The van der Waals surface area contributed by atoms with Gasteiger partial charge in [-0.3, -0.25) is 4.68 Å². The van der Waals surface area contributed by atoms with Gasteiger partial charge in [0.05, 0.1) is 12.2 Å². The molecule has 2 aromatic rings. The van der Waals surface area contributed by atoms with E-state index in [1.165, 1.54) is 10.5 Å². The first-order valence-electron chi connectivity index (χ1n) is 6.58. The molecule has 1 N–H and O–H groups in total. The van der Waals surface area contributed by atoms with Crippen molar-refractivity contribution in [1.29, 1.82) is 0 Å². The van der Waals surface area contributed by atoms with E-state index in [1.807, 2.05) is 22.6 Å². The lowest BCUT2D eigenvalue weighted by atomic mass is 10.0. The third kappa shape index (κ3) is 2.82. The van der Waals surface area contributed by atoms with Crippen LogP contribution in [-0.4, -0.2) is 32.5 Å². The number of fused-ring (bicyclic) bond motifs is 1. The summed E-state index contributed by atoms with van der Waals surface area (Å²) in [7, 11) is 0. The predicted octanol–water partition coefficient (Wildman–Crippen LogP) is 2.09. The molecule has 0 saturated carbocycles. The van der Waals surface area contributed by atoms with Gasteiger partial charge in [0.15, 0.2) is 0 Å². The number of rotatable bonds is 5. The maximum Gasteiger partial charge on any atom is 0.0828 e. The van der Waals surface area contributed by atoms with Crippen molar-refractivity contribution < 1.29 is 5.11 Å². The van der Waals surface area contributed by atoms with Gasteiger partial charge in [-0.2, -0.15) is 0 Å². The van der Waals surface area contributed by atoms with Crippen LogP contribution in [0, 0.1) is 0 Å². The van der Waals surface area contributed by atoms with Crippen LogP contribution in [0.25, 0.3) is 0 Å². The summed E-state index contributed by atoms with van der Waals surface area (Å²) < 4.78 is 1.93. The van der Waals surface area contributed by atoms with Crippen molar-refractivity contribution in [3.8, 4) is 0 Å². The Morgan fingerprint density at radius 1 is 1.37 bits per heavy atom. The van der Waals surface area contributed by atoms with Crippen molar-refractivity contribution >= 4 is 11.8 Å². The minimum Gasteiger partial charge on any atom is -0.396 e. The third-order valence-corrected chi connectivity index (χ3v) is 4.64. The van der Waals surface area contributed by atoms with Crippen molar-refractivity contribution in [2.75, 3.05) is 12.4 Å². The fourth-order valence-corrected chi connectivity index (χ4v) is 3.65. The molecule has 100 valence electrons. The zero-order chi connectivity index (χ0) is 13.1. The summed E-state index contributed by atoms with van der Waals surface area (Å²) in [6, 6.07) is 8.60. The molecular weight excluding hydrogens is 258 g/mol. The van der Waals surface area contributed by atoms with Crippen LogP contribution >= 0.6 is 11.8 Å². The molecule has 19 heavy (non-hydrogen) atoms. The molecule has 1 aromatic carbocycles. The number of aromatic nitrogens is 3. The van der Waals surface area contributed by atoms with Gasteiger partial charge < -0.3 is 5.11 Å². The van der Waals surface area contributed by atoms with E-state index in [0.717, 1.165) is 30.8 Å². The van der Waals surface area contributed by atoms with E-state index in [4.69, 9.17) is 5.11 Å². The summed E-state index contributed by atoms with van der Waals surface area (Å²) in [6.45, 7) is 1.09. The quantitative estimate of drug-likeness (QED) is 0.908. The molecule has 4 nitrogen and oxygen atoms in total. The van der Waals surface area contributed by atoms with Crippen LogP contribution in [0.5, 0.6) is 0 Å². The monoisotopic (exact) mass is 275 g/mol. The average molecular weight is 275 g/mol. The van der Waals surface area contributed by atoms with E-state index in [2.05, 4.69) is 34.6 Å². The summed E-state index contributed by atoms with van der Waals surface area (Å²) in [4.78, 5) is 1.40. The zero-order valence-electron chi connectivity index (χ0n) is 10.7. The average Bonchev–Trinajstić information content (AvgIpc) is 3.05.